The van der Waals surface area contributed by atoms with Gasteiger partial charge in [-0.05, 0) is 47.0 Å². The number of aryl methyl sites for hydroxylation is 1. The molecule has 0 aliphatic rings. The number of benzene rings is 1. The third-order valence-corrected chi connectivity index (χ3v) is 4.52. The summed E-state index contributed by atoms with van der Waals surface area (Å²) in [6.45, 7) is 7.24. The van der Waals surface area contributed by atoms with Gasteiger partial charge < -0.3 is 16.0 Å². The molecule has 4 nitrogen and oxygen atoms in total. The van der Waals surface area contributed by atoms with E-state index in [0.717, 1.165) is 33.1 Å². The third kappa shape index (κ3) is 2.98. The van der Waals surface area contributed by atoms with Gasteiger partial charge in [-0.2, -0.15) is 0 Å². The third-order valence-electron chi connectivity index (χ3n) is 3.59. The number of anilines is 2. The fraction of sp³-hybridized carbons (Fsp3) is 0.500. The maximum atomic E-state index is 6.10. The van der Waals surface area contributed by atoms with Crippen molar-refractivity contribution in [3.63, 3.8) is 0 Å². The Labute approximate surface area is 118 Å². The molecule has 0 radical (unpaired) electrons. The van der Waals surface area contributed by atoms with Crippen molar-refractivity contribution < 1.29 is 0 Å². The number of likely N-dealkylation sites (N-methyl/N-ethyl adjacent to an activating group) is 1. The summed E-state index contributed by atoms with van der Waals surface area (Å²) >= 11 is 1.68. The summed E-state index contributed by atoms with van der Waals surface area (Å²) in [4.78, 5) is 6.70. The molecule has 0 bridgehead atoms. The van der Waals surface area contributed by atoms with E-state index in [0.29, 0.717) is 0 Å². The molecule has 1 aromatic heterocycles. The maximum Gasteiger partial charge on any atom is 0.0907 e. The van der Waals surface area contributed by atoms with Crippen LogP contribution in [0.3, 0.4) is 0 Å². The zero-order chi connectivity index (χ0) is 14.2. The molecule has 2 aromatic rings. The minimum Gasteiger partial charge on any atom is -0.397 e. The second kappa shape index (κ2) is 4.98. The lowest BCUT2D eigenvalue weighted by Gasteiger charge is -2.33. The number of thiazole rings is 1. The van der Waals surface area contributed by atoms with Gasteiger partial charge in [-0.25, -0.2) is 4.98 Å². The van der Waals surface area contributed by atoms with Crippen LogP contribution in [0.1, 0.15) is 18.9 Å². The molecule has 1 heterocycles. The molecule has 2 rings (SSSR count). The first-order chi connectivity index (χ1) is 8.79. The first-order valence-corrected chi connectivity index (χ1v) is 7.19. The van der Waals surface area contributed by atoms with E-state index in [4.69, 9.17) is 5.73 Å². The average Bonchev–Trinajstić information content (AvgIpc) is 2.65. The van der Waals surface area contributed by atoms with Crippen molar-refractivity contribution in [1.82, 2.24) is 9.88 Å². The van der Waals surface area contributed by atoms with Gasteiger partial charge in [-0.3, -0.25) is 0 Å². The van der Waals surface area contributed by atoms with E-state index >= 15 is 0 Å². The summed E-state index contributed by atoms with van der Waals surface area (Å²) in [6, 6.07) is 4.05. The van der Waals surface area contributed by atoms with E-state index in [-0.39, 0.29) is 5.54 Å². The van der Waals surface area contributed by atoms with E-state index in [1.807, 2.05) is 19.1 Å². The molecule has 0 amide bonds. The highest BCUT2D eigenvalue weighted by atomic mass is 32.1. The highest BCUT2D eigenvalue weighted by molar-refractivity contribution is 7.18. The molecule has 0 unspecified atom stereocenters. The molecule has 0 atom stereocenters. The molecule has 3 N–H and O–H groups in total. The van der Waals surface area contributed by atoms with Crippen molar-refractivity contribution in [2.75, 3.05) is 31.7 Å². The van der Waals surface area contributed by atoms with Crippen LogP contribution in [-0.4, -0.2) is 36.1 Å². The molecule has 1 aromatic carbocycles. The number of fused-ring (bicyclic) bond motifs is 1. The van der Waals surface area contributed by atoms with Crippen LogP contribution in [0.15, 0.2) is 12.1 Å². The highest BCUT2D eigenvalue weighted by Gasteiger charge is 2.20. The first-order valence-electron chi connectivity index (χ1n) is 6.37. The van der Waals surface area contributed by atoms with E-state index in [1.54, 1.807) is 11.3 Å². The average molecular weight is 278 g/mol. The summed E-state index contributed by atoms with van der Waals surface area (Å²) in [5, 5.41) is 4.50. The largest absolute Gasteiger partial charge is 0.397 e. The van der Waals surface area contributed by atoms with Crippen molar-refractivity contribution >= 4 is 32.9 Å². The minimum absolute atomic E-state index is 0.0688. The number of hydrogen-bond acceptors (Lipinski definition) is 5. The van der Waals surface area contributed by atoms with Gasteiger partial charge in [0.1, 0.15) is 0 Å². The zero-order valence-electron chi connectivity index (χ0n) is 12.2. The first kappa shape index (κ1) is 14.1. The second-order valence-corrected chi connectivity index (χ2v) is 6.94. The van der Waals surface area contributed by atoms with Gasteiger partial charge in [0.05, 0.1) is 26.6 Å². The standard InChI is InChI=1S/C14H22N4S/c1-9-17-12-7-11(10(15)6-13(12)19-9)16-8-14(2,3)18(4)5/h6-7,16H,8,15H2,1-5H3. The van der Waals surface area contributed by atoms with Crippen LogP contribution in [-0.2, 0) is 0 Å². The smallest absolute Gasteiger partial charge is 0.0907 e. The van der Waals surface area contributed by atoms with E-state index < -0.39 is 0 Å². The minimum atomic E-state index is 0.0688. The van der Waals surface area contributed by atoms with Crippen LogP contribution in [0.4, 0.5) is 11.4 Å². The van der Waals surface area contributed by atoms with Crippen molar-refractivity contribution in [3.05, 3.63) is 17.1 Å². The maximum absolute atomic E-state index is 6.10. The summed E-state index contributed by atoms with van der Waals surface area (Å²) in [6.07, 6.45) is 0. The van der Waals surface area contributed by atoms with Crippen LogP contribution in [0, 0.1) is 6.92 Å². The normalized spacial score (nSPS) is 12.3. The molecular weight excluding hydrogens is 256 g/mol. The van der Waals surface area contributed by atoms with Crippen molar-refractivity contribution in [2.24, 2.45) is 0 Å². The Kier molecular flexibility index (Phi) is 3.69. The number of nitrogens with one attached hydrogen (secondary N) is 1. The molecule has 0 aliphatic carbocycles. The van der Waals surface area contributed by atoms with Crippen LogP contribution in [0.5, 0.6) is 0 Å². The fourth-order valence-corrected chi connectivity index (χ4v) is 2.58. The Bertz CT molecular complexity index is 586. The predicted octanol–water partition coefficient (Wildman–Crippen LogP) is 2.94. The summed E-state index contributed by atoms with van der Waals surface area (Å²) in [5.74, 6) is 0. The second-order valence-electron chi connectivity index (χ2n) is 5.70. The lowest BCUT2D eigenvalue weighted by atomic mass is 10.0. The monoisotopic (exact) mass is 278 g/mol. The molecular formula is C14H22N4S. The highest BCUT2D eigenvalue weighted by Crippen LogP contribution is 2.30. The number of nitrogens with two attached hydrogens (primary N) is 1. The molecule has 5 heteroatoms. The van der Waals surface area contributed by atoms with E-state index in [9.17, 15) is 0 Å². The molecule has 0 aliphatic heterocycles. The zero-order valence-corrected chi connectivity index (χ0v) is 13.1. The fourth-order valence-electron chi connectivity index (χ4n) is 1.73. The molecule has 0 saturated carbocycles. The summed E-state index contributed by atoms with van der Waals surface area (Å²) in [7, 11) is 4.16. The van der Waals surface area contributed by atoms with Crippen LogP contribution in [0.2, 0.25) is 0 Å². The Hall–Kier alpha value is -1.33. The van der Waals surface area contributed by atoms with Crippen LogP contribution in [0.25, 0.3) is 10.2 Å². The number of nitrogen functional groups attached to an aromatic ring is 1. The number of nitrogens with zero attached hydrogens (tertiary/aromatic N) is 2. The lowest BCUT2D eigenvalue weighted by molar-refractivity contribution is 0.210. The van der Waals surface area contributed by atoms with Crippen LogP contribution < -0.4 is 11.1 Å². The van der Waals surface area contributed by atoms with Gasteiger partial charge in [-0.15, -0.1) is 11.3 Å². The topological polar surface area (TPSA) is 54.2 Å². The Balaban J connectivity index is 2.23. The summed E-state index contributed by atoms with van der Waals surface area (Å²) in [5.41, 5.74) is 8.94. The predicted molar refractivity (Wildman–Crippen MR) is 85.0 cm³/mol. The number of hydrogen-bond donors (Lipinski definition) is 2. The Morgan fingerprint density at radius 1 is 1.37 bits per heavy atom. The molecule has 0 fully saturated rings. The molecule has 19 heavy (non-hydrogen) atoms. The SMILES string of the molecule is Cc1nc2cc(NCC(C)(C)N(C)C)c(N)cc2s1. The summed E-state index contributed by atoms with van der Waals surface area (Å²) < 4.78 is 1.15. The number of rotatable bonds is 4. The van der Waals surface area contributed by atoms with Gasteiger partial charge >= 0.3 is 0 Å². The van der Waals surface area contributed by atoms with E-state index in [2.05, 4.69) is 43.1 Å². The lowest BCUT2D eigenvalue weighted by Crippen LogP contribution is -2.44. The van der Waals surface area contributed by atoms with Gasteiger partial charge in [0.15, 0.2) is 0 Å². The Morgan fingerprint density at radius 2 is 2.05 bits per heavy atom. The van der Waals surface area contributed by atoms with Crippen molar-refractivity contribution in [2.45, 2.75) is 26.3 Å². The number of aromatic nitrogens is 1. The Morgan fingerprint density at radius 3 is 2.68 bits per heavy atom. The van der Waals surface area contributed by atoms with Crippen molar-refractivity contribution in [3.8, 4) is 0 Å². The molecule has 0 saturated heterocycles. The van der Waals surface area contributed by atoms with Gasteiger partial charge in [-0.1, -0.05) is 0 Å². The van der Waals surface area contributed by atoms with Gasteiger partial charge in [0, 0.05) is 12.1 Å². The van der Waals surface area contributed by atoms with Crippen molar-refractivity contribution in [1.29, 1.82) is 0 Å². The van der Waals surface area contributed by atoms with E-state index in [1.165, 1.54) is 0 Å². The van der Waals surface area contributed by atoms with Crippen LogP contribution >= 0.6 is 11.3 Å². The van der Waals surface area contributed by atoms with Gasteiger partial charge in [0.2, 0.25) is 0 Å². The molecule has 104 valence electrons. The molecule has 0 spiro atoms. The quantitative estimate of drug-likeness (QED) is 0.844. The van der Waals surface area contributed by atoms with Gasteiger partial charge in [0.25, 0.3) is 0 Å².